The smallest absolute Gasteiger partial charge is 0.0848 e. The van der Waals surface area contributed by atoms with Crippen LogP contribution in [0.3, 0.4) is 0 Å². The Hall–Kier alpha value is -0.950. The van der Waals surface area contributed by atoms with E-state index in [1.807, 2.05) is 0 Å². The lowest BCUT2D eigenvalue weighted by molar-refractivity contribution is 0.182. The molecular formula is C10H13ClN4OS. The molecule has 0 amide bonds. The molecule has 0 bridgehead atoms. The lowest BCUT2D eigenvalue weighted by Gasteiger charge is -2.13. The minimum absolute atomic E-state index is 0.297. The molecule has 2 rings (SSSR count). The van der Waals surface area contributed by atoms with E-state index >= 15 is 0 Å². The topological polar surface area (TPSA) is 66.0 Å². The summed E-state index contributed by atoms with van der Waals surface area (Å²) in [7, 11) is 1.65. The van der Waals surface area contributed by atoms with E-state index in [1.165, 1.54) is 11.3 Å². The van der Waals surface area contributed by atoms with Crippen molar-refractivity contribution in [3.8, 4) is 0 Å². The van der Waals surface area contributed by atoms with Gasteiger partial charge in [0.2, 0.25) is 0 Å². The number of hydrogen-bond donors (Lipinski definition) is 1. The Morgan fingerprint density at radius 3 is 3.06 bits per heavy atom. The van der Waals surface area contributed by atoms with Crippen molar-refractivity contribution >= 4 is 22.9 Å². The van der Waals surface area contributed by atoms with Crippen LogP contribution in [0, 0.1) is 0 Å². The Kier molecular flexibility index (Phi) is 4.11. The van der Waals surface area contributed by atoms with Gasteiger partial charge in [-0.2, -0.15) is 5.10 Å². The van der Waals surface area contributed by atoms with E-state index < -0.39 is 0 Å². The summed E-state index contributed by atoms with van der Waals surface area (Å²) in [6.07, 6.45) is 3.35. The van der Waals surface area contributed by atoms with Crippen molar-refractivity contribution in [2.75, 3.05) is 13.7 Å². The zero-order valence-electron chi connectivity index (χ0n) is 9.34. The Morgan fingerprint density at radius 2 is 2.41 bits per heavy atom. The molecule has 0 radical (unpaired) electrons. The van der Waals surface area contributed by atoms with Crippen molar-refractivity contribution in [3.63, 3.8) is 0 Å². The number of thiazole rings is 1. The highest BCUT2D eigenvalue weighted by atomic mass is 35.5. The number of halogens is 1. The Balaban J connectivity index is 2.27. The maximum Gasteiger partial charge on any atom is 0.0848 e. The number of nitrogens with two attached hydrogens (primary N) is 1. The summed E-state index contributed by atoms with van der Waals surface area (Å²) >= 11 is 7.62. The summed E-state index contributed by atoms with van der Waals surface area (Å²) in [6.45, 7) is 1.20. The third-order valence-electron chi connectivity index (χ3n) is 2.39. The molecule has 0 spiro atoms. The highest BCUT2D eigenvalue weighted by molar-refractivity contribution is 7.09. The van der Waals surface area contributed by atoms with Crippen LogP contribution in [-0.4, -0.2) is 28.5 Å². The SMILES string of the molecule is COCCn1ncc(Cl)c1C(N)c1cncs1. The first-order valence-electron chi connectivity index (χ1n) is 5.08. The minimum atomic E-state index is -0.297. The van der Waals surface area contributed by atoms with Crippen LogP contribution >= 0.6 is 22.9 Å². The molecule has 0 fully saturated rings. The largest absolute Gasteiger partial charge is 0.383 e. The van der Waals surface area contributed by atoms with Crippen molar-refractivity contribution < 1.29 is 4.74 Å². The van der Waals surface area contributed by atoms with Crippen LogP contribution in [0.15, 0.2) is 17.9 Å². The summed E-state index contributed by atoms with van der Waals surface area (Å²) in [5, 5.41) is 4.76. The van der Waals surface area contributed by atoms with Crippen LogP contribution in [0.5, 0.6) is 0 Å². The van der Waals surface area contributed by atoms with Gasteiger partial charge in [-0.15, -0.1) is 11.3 Å². The van der Waals surface area contributed by atoms with Crippen molar-refractivity contribution in [3.05, 3.63) is 33.5 Å². The maximum atomic E-state index is 6.16. The van der Waals surface area contributed by atoms with Crippen LogP contribution in [0.4, 0.5) is 0 Å². The van der Waals surface area contributed by atoms with E-state index in [1.54, 1.807) is 29.7 Å². The Labute approximate surface area is 108 Å². The van der Waals surface area contributed by atoms with Gasteiger partial charge >= 0.3 is 0 Å². The van der Waals surface area contributed by atoms with Crippen molar-refractivity contribution in [2.24, 2.45) is 5.73 Å². The van der Waals surface area contributed by atoms with Crippen LogP contribution in [-0.2, 0) is 11.3 Å². The van der Waals surface area contributed by atoms with Crippen LogP contribution < -0.4 is 5.73 Å². The zero-order valence-corrected chi connectivity index (χ0v) is 10.9. The lowest BCUT2D eigenvalue weighted by atomic mass is 10.2. The van der Waals surface area contributed by atoms with Gasteiger partial charge < -0.3 is 10.5 Å². The van der Waals surface area contributed by atoms with E-state index in [4.69, 9.17) is 22.1 Å². The summed E-state index contributed by atoms with van der Waals surface area (Å²) in [4.78, 5) is 4.98. The molecule has 1 atom stereocenters. The van der Waals surface area contributed by atoms with Crippen molar-refractivity contribution in [2.45, 2.75) is 12.6 Å². The van der Waals surface area contributed by atoms with Crippen LogP contribution in [0.2, 0.25) is 5.02 Å². The molecule has 0 saturated heterocycles. The molecule has 0 aliphatic heterocycles. The van der Waals surface area contributed by atoms with Gasteiger partial charge in [0.05, 0.1) is 41.6 Å². The van der Waals surface area contributed by atoms with E-state index in [-0.39, 0.29) is 6.04 Å². The molecule has 5 nitrogen and oxygen atoms in total. The number of methoxy groups -OCH3 is 1. The average molecular weight is 273 g/mol. The number of hydrogen-bond acceptors (Lipinski definition) is 5. The van der Waals surface area contributed by atoms with Gasteiger partial charge in [-0.3, -0.25) is 9.67 Å². The number of rotatable bonds is 5. The predicted octanol–water partition coefficient (Wildman–Crippen LogP) is 1.69. The zero-order chi connectivity index (χ0) is 12.3. The van der Waals surface area contributed by atoms with Gasteiger partial charge in [0, 0.05) is 18.2 Å². The molecule has 2 aromatic heterocycles. The molecule has 2 N–H and O–H groups in total. The molecule has 7 heteroatoms. The van der Waals surface area contributed by atoms with Crippen LogP contribution in [0.25, 0.3) is 0 Å². The number of ether oxygens (including phenoxy) is 1. The molecule has 2 heterocycles. The normalized spacial score (nSPS) is 12.9. The first kappa shape index (κ1) is 12.5. The number of aromatic nitrogens is 3. The molecule has 1 unspecified atom stereocenters. The molecule has 2 aromatic rings. The van der Waals surface area contributed by atoms with E-state index in [0.29, 0.717) is 18.2 Å². The fourth-order valence-electron chi connectivity index (χ4n) is 1.55. The van der Waals surface area contributed by atoms with Crippen molar-refractivity contribution in [1.82, 2.24) is 14.8 Å². The van der Waals surface area contributed by atoms with Crippen LogP contribution in [0.1, 0.15) is 16.6 Å². The highest BCUT2D eigenvalue weighted by Crippen LogP contribution is 2.28. The first-order chi connectivity index (χ1) is 8.24. The van der Waals surface area contributed by atoms with E-state index in [9.17, 15) is 0 Å². The third-order valence-corrected chi connectivity index (χ3v) is 3.54. The summed E-state index contributed by atoms with van der Waals surface area (Å²) in [5.74, 6) is 0. The summed E-state index contributed by atoms with van der Waals surface area (Å²) < 4.78 is 6.80. The quantitative estimate of drug-likeness (QED) is 0.899. The van der Waals surface area contributed by atoms with Crippen molar-refractivity contribution in [1.29, 1.82) is 0 Å². The first-order valence-corrected chi connectivity index (χ1v) is 6.34. The molecule has 92 valence electrons. The second-order valence-electron chi connectivity index (χ2n) is 3.48. The van der Waals surface area contributed by atoms with Gasteiger partial charge in [0.1, 0.15) is 0 Å². The minimum Gasteiger partial charge on any atom is -0.383 e. The van der Waals surface area contributed by atoms with Gasteiger partial charge in [0.15, 0.2) is 0 Å². The van der Waals surface area contributed by atoms with Gasteiger partial charge in [-0.05, 0) is 0 Å². The monoisotopic (exact) mass is 272 g/mol. The molecule has 0 aliphatic rings. The lowest BCUT2D eigenvalue weighted by Crippen LogP contribution is -2.18. The summed E-state index contributed by atoms with van der Waals surface area (Å²) in [6, 6.07) is -0.297. The molecule has 0 saturated carbocycles. The second-order valence-corrected chi connectivity index (χ2v) is 4.80. The average Bonchev–Trinajstić information content (AvgIpc) is 2.95. The third kappa shape index (κ3) is 2.66. The Morgan fingerprint density at radius 1 is 1.59 bits per heavy atom. The van der Waals surface area contributed by atoms with E-state index in [0.717, 1.165) is 10.6 Å². The number of nitrogens with zero attached hydrogens (tertiary/aromatic N) is 3. The fourth-order valence-corrected chi connectivity index (χ4v) is 2.43. The van der Waals surface area contributed by atoms with E-state index in [2.05, 4.69) is 10.1 Å². The fraction of sp³-hybridized carbons (Fsp3) is 0.400. The molecule has 17 heavy (non-hydrogen) atoms. The molecule has 0 aromatic carbocycles. The summed E-state index contributed by atoms with van der Waals surface area (Å²) in [5.41, 5.74) is 8.71. The molecule has 0 aliphatic carbocycles. The highest BCUT2D eigenvalue weighted by Gasteiger charge is 2.19. The Bertz CT molecular complexity index is 471. The van der Waals surface area contributed by atoms with Gasteiger partial charge in [-0.1, -0.05) is 11.6 Å². The van der Waals surface area contributed by atoms with Gasteiger partial charge in [0.25, 0.3) is 0 Å². The standard InChI is InChI=1S/C10H13ClN4OS/c1-16-3-2-15-10(7(11)4-14-15)9(12)8-5-13-6-17-8/h4-6,9H,2-3,12H2,1H3. The second kappa shape index (κ2) is 5.59. The predicted molar refractivity (Wildman–Crippen MR) is 67.3 cm³/mol. The molecular weight excluding hydrogens is 260 g/mol. The maximum absolute atomic E-state index is 6.16. The van der Waals surface area contributed by atoms with Gasteiger partial charge in [-0.25, -0.2) is 0 Å².